The van der Waals surface area contributed by atoms with E-state index in [1.54, 1.807) is 21.1 Å². The number of aliphatic hydroxyl groups is 1. The molecule has 0 radical (unpaired) electrons. The van der Waals surface area contributed by atoms with Crippen molar-refractivity contribution in [2.24, 2.45) is 10.7 Å². The Morgan fingerprint density at radius 2 is 2.00 bits per heavy atom. The summed E-state index contributed by atoms with van der Waals surface area (Å²) in [5.41, 5.74) is 6.63. The van der Waals surface area contributed by atoms with Gasteiger partial charge in [-0.05, 0) is 24.6 Å². The van der Waals surface area contributed by atoms with Gasteiger partial charge in [-0.15, -0.1) is 24.0 Å². The third-order valence-electron chi connectivity index (χ3n) is 2.46. The minimum Gasteiger partial charge on any atom is -0.493 e. The molecule has 0 aromatic heterocycles. The molecule has 0 amide bonds. The predicted octanol–water partition coefficient (Wildman–Crippen LogP) is 1.11. The van der Waals surface area contributed by atoms with Gasteiger partial charge in [-0.2, -0.15) is 0 Å². The van der Waals surface area contributed by atoms with Gasteiger partial charge in [0.15, 0.2) is 17.5 Å². The summed E-state index contributed by atoms with van der Waals surface area (Å²) in [6.45, 7) is 2.48. The van der Waals surface area contributed by atoms with Gasteiger partial charge in [0.05, 0.1) is 26.9 Å². The highest BCUT2D eigenvalue weighted by atomic mass is 127. The largest absolute Gasteiger partial charge is 0.493 e. The van der Waals surface area contributed by atoms with Crippen molar-refractivity contribution in [1.29, 1.82) is 0 Å². The molecule has 0 aliphatic carbocycles. The lowest BCUT2D eigenvalue weighted by atomic mass is 10.2. The van der Waals surface area contributed by atoms with Gasteiger partial charge in [0.1, 0.15) is 0 Å². The van der Waals surface area contributed by atoms with Crippen molar-refractivity contribution in [3.63, 3.8) is 0 Å². The van der Waals surface area contributed by atoms with Crippen LogP contribution >= 0.6 is 24.0 Å². The number of nitrogens with two attached hydrogens (primary N) is 1. The smallest absolute Gasteiger partial charge is 0.189 e. The van der Waals surface area contributed by atoms with Crippen LogP contribution in [0, 0.1) is 0 Å². The van der Waals surface area contributed by atoms with Crippen molar-refractivity contribution in [2.75, 3.05) is 20.8 Å². The first kappa shape index (κ1) is 18.8. The van der Waals surface area contributed by atoms with Crippen molar-refractivity contribution in [3.8, 4) is 11.5 Å². The first-order valence-corrected chi connectivity index (χ1v) is 5.99. The zero-order chi connectivity index (χ0) is 14.3. The molecule has 0 aliphatic heterocycles. The molecule has 6 nitrogen and oxygen atoms in total. The third-order valence-corrected chi connectivity index (χ3v) is 2.46. The SMILES string of the molecule is COc1ccc(CN=C(N)NCC(C)O)cc1OC.I. The Kier molecular flexibility index (Phi) is 9.06. The molecular weight excluding hydrogens is 373 g/mol. The summed E-state index contributed by atoms with van der Waals surface area (Å²) < 4.78 is 10.4. The second kappa shape index (κ2) is 9.65. The first-order valence-electron chi connectivity index (χ1n) is 5.99. The Hall–Kier alpha value is -1.22. The molecule has 1 aromatic rings. The van der Waals surface area contributed by atoms with Crippen molar-refractivity contribution >= 4 is 29.9 Å². The molecule has 0 saturated carbocycles. The minimum absolute atomic E-state index is 0. The molecule has 4 N–H and O–H groups in total. The van der Waals surface area contributed by atoms with Gasteiger partial charge >= 0.3 is 0 Å². The van der Waals surface area contributed by atoms with Crippen LogP contribution in [0.3, 0.4) is 0 Å². The number of halogens is 1. The molecule has 0 spiro atoms. The van der Waals surface area contributed by atoms with Crippen LogP contribution in [-0.2, 0) is 6.54 Å². The van der Waals surface area contributed by atoms with Gasteiger partial charge in [0, 0.05) is 6.54 Å². The molecule has 1 unspecified atom stereocenters. The standard InChI is InChI=1S/C13H21N3O3.HI/c1-9(17)7-15-13(14)16-8-10-4-5-11(18-2)12(6-10)19-3;/h4-6,9,17H,7-8H2,1-3H3,(H3,14,15,16);1H. The minimum atomic E-state index is -0.463. The number of nitrogens with zero attached hydrogens (tertiary/aromatic N) is 1. The van der Waals surface area contributed by atoms with E-state index in [2.05, 4.69) is 10.3 Å². The van der Waals surface area contributed by atoms with Crippen molar-refractivity contribution in [1.82, 2.24) is 5.32 Å². The highest BCUT2D eigenvalue weighted by Gasteiger charge is 2.04. The van der Waals surface area contributed by atoms with E-state index in [-0.39, 0.29) is 24.0 Å². The summed E-state index contributed by atoms with van der Waals surface area (Å²) >= 11 is 0. The number of ether oxygens (including phenoxy) is 2. The molecule has 1 rings (SSSR count). The summed E-state index contributed by atoms with van der Waals surface area (Å²) in [5.74, 6) is 1.64. The molecule has 0 aliphatic rings. The molecule has 20 heavy (non-hydrogen) atoms. The Morgan fingerprint density at radius 1 is 1.35 bits per heavy atom. The monoisotopic (exact) mass is 395 g/mol. The van der Waals surface area contributed by atoms with Crippen molar-refractivity contribution in [3.05, 3.63) is 23.8 Å². The first-order chi connectivity index (χ1) is 9.06. The number of hydrogen-bond acceptors (Lipinski definition) is 4. The lowest BCUT2D eigenvalue weighted by Gasteiger charge is -2.09. The number of rotatable bonds is 6. The van der Waals surface area contributed by atoms with Gasteiger partial charge in [-0.25, -0.2) is 4.99 Å². The zero-order valence-electron chi connectivity index (χ0n) is 11.9. The van der Waals surface area contributed by atoms with Crippen LogP contribution < -0.4 is 20.5 Å². The molecule has 1 atom stereocenters. The summed E-state index contributed by atoms with van der Waals surface area (Å²) in [6, 6.07) is 5.57. The number of aliphatic imine (C=N–C) groups is 1. The number of methoxy groups -OCH3 is 2. The van der Waals surface area contributed by atoms with Crippen LogP contribution in [0.5, 0.6) is 11.5 Å². The fraction of sp³-hybridized carbons (Fsp3) is 0.462. The fourth-order valence-electron chi connectivity index (χ4n) is 1.46. The summed E-state index contributed by atoms with van der Waals surface area (Å²) in [5, 5.41) is 11.9. The lowest BCUT2D eigenvalue weighted by Crippen LogP contribution is -2.36. The molecular formula is C13H22IN3O3. The molecule has 0 fully saturated rings. The molecule has 1 aromatic carbocycles. The second-order valence-corrected chi connectivity index (χ2v) is 4.12. The van der Waals surface area contributed by atoms with Crippen LogP contribution in [0.15, 0.2) is 23.2 Å². The Balaban J connectivity index is 0.00000361. The van der Waals surface area contributed by atoms with Gasteiger partial charge < -0.3 is 25.6 Å². The van der Waals surface area contributed by atoms with Gasteiger partial charge in [0.25, 0.3) is 0 Å². The van der Waals surface area contributed by atoms with E-state index in [4.69, 9.17) is 20.3 Å². The lowest BCUT2D eigenvalue weighted by molar-refractivity contribution is 0.198. The number of aliphatic hydroxyl groups excluding tert-OH is 1. The van der Waals surface area contributed by atoms with E-state index in [0.29, 0.717) is 30.5 Å². The third kappa shape index (κ3) is 6.29. The highest BCUT2D eigenvalue weighted by molar-refractivity contribution is 14.0. The average molecular weight is 395 g/mol. The topological polar surface area (TPSA) is 89.1 Å². The van der Waals surface area contributed by atoms with Crippen LogP contribution in [-0.4, -0.2) is 37.9 Å². The number of nitrogens with one attached hydrogen (secondary N) is 1. The molecule has 0 saturated heterocycles. The molecule has 7 heteroatoms. The summed E-state index contributed by atoms with van der Waals surface area (Å²) in [6.07, 6.45) is -0.463. The Labute approximate surface area is 136 Å². The van der Waals surface area contributed by atoms with E-state index < -0.39 is 6.10 Å². The second-order valence-electron chi connectivity index (χ2n) is 4.12. The Bertz CT molecular complexity index is 439. The average Bonchev–Trinajstić information content (AvgIpc) is 2.42. The van der Waals surface area contributed by atoms with E-state index in [9.17, 15) is 0 Å². The number of hydrogen-bond donors (Lipinski definition) is 3. The molecule has 0 bridgehead atoms. The van der Waals surface area contributed by atoms with E-state index in [1.165, 1.54) is 0 Å². The summed E-state index contributed by atoms with van der Waals surface area (Å²) in [7, 11) is 3.18. The van der Waals surface area contributed by atoms with Crippen LogP contribution in [0.1, 0.15) is 12.5 Å². The van der Waals surface area contributed by atoms with Crippen LogP contribution in [0.2, 0.25) is 0 Å². The van der Waals surface area contributed by atoms with Crippen molar-refractivity contribution < 1.29 is 14.6 Å². The van der Waals surface area contributed by atoms with Crippen LogP contribution in [0.4, 0.5) is 0 Å². The highest BCUT2D eigenvalue weighted by Crippen LogP contribution is 2.27. The van der Waals surface area contributed by atoms with Crippen molar-refractivity contribution in [2.45, 2.75) is 19.6 Å². The maximum Gasteiger partial charge on any atom is 0.189 e. The predicted molar refractivity (Wildman–Crippen MR) is 90.0 cm³/mol. The molecule has 0 heterocycles. The summed E-state index contributed by atoms with van der Waals surface area (Å²) in [4.78, 5) is 4.17. The molecule has 114 valence electrons. The number of guanidine groups is 1. The Morgan fingerprint density at radius 3 is 2.55 bits per heavy atom. The zero-order valence-corrected chi connectivity index (χ0v) is 14.3. The normalized spacial score (nSPS) is 12.3. The van der Waals surface area contributed by atoms with E-state index >= 15 is 0 Å². The van der Waals surface area contributed by atoms with Gasteiger partial charge in [0.2, 0.25) is 0 Å². The van der Waals surface area contributed by atoms with Gasteiger partial charge in [-0.1, -0.05) is 6.07 Å². The van der Waals surface area contributed by atoms with Crippen LogP contribution in [0.25, 0.3) is 0 Å². The number of benzene rings is 1. The quantitative estimate of drug-likeness (QED) is 0.382. The fourth-order valence-corrected chi connectivity index (χ4v) is 1.46. The van der Waals surface area contributed by atoms with Gasteiger partial charge in [-0.3, -0.25) is 0 Å². The van der Waals surface area contributed by atoms with E-state index in [1.807, 2.05) is 18.2 Å². The van der Waals surface area contributed by atoms with E-state index in [0.717, 1.165) is 5.56 Å². The maximum absolute atomic E-state index is 9.11. The maximum atomic E-state index is 9.11.